The van der Waals surface area contributed by atoms with E-state index in [1.165, 1.54) is 32.2 Å². The highest BCUT2D eigenvalue weighted by Gasteiger charge is 2.26. The average molecular weight is 375 g/mol. The molecule has 0 amide bonds. The van der Waals surface area contributed by atoms with Gasteiger partial charge in [0.25, 0.3) is 0 Å². The molecular weight excluding hydrogens is 346 g/mol. The monoisotopic (exact) mass is 375 g/mol. The predicted molar refractivity (Wildman–Crippen MR) is 103 cm³/mol. The molecule has 2 aromatic heterocycles. The summed E-state index contributed by atoms with van der Waals surface area (Å²) in [4.78, 5) is 14.3. The lowest BCUT2D eigenvalue weighted by Gasteiger charge is -2.27. The second-order valence-corrected chi connectivity index (χ2v) is 7.40. The largest absolute Gasteiger partial charge is 0.385 e. The van der Waals surface area contributed by atoms with Crippen LogP contribution < -0.4 is 10.2 Å². The zero-order chi connectivity index (χ0) is 18.5. The molecular formula is C18H29N7O2. The fraction of sp³-hybridized carbons (Fsp3) is 0.778. The van der Waals surface area contributed by atoms with E-state index in [0.717, 1.165) is 56.7 Å². The minimum atomic E-state index is 0.440. The lowest BCUT2D eigenvalue weighted by Crippen LogP contribution is -2.37. The van der Waals surface area contributed by atoms with Gasteiger partial charge in [-0.2, -0.15) is 0 Å². The van der Waals surface area contributed by atoms with Crippen molar-refractivity contribution < 1.29 is 9.37 Å². The molecule has 1 N–H and O–H groups in total. The van der Waals surface area contributed by atoms with Crippen molar-refractivity contribution in [3.8, 4) is 0 Å². The standard InChI is InChI=1S/C18H29N7O2/c1-26-13-4-8-19-17-18(21-16-15(20-17)22-27-23-16)25-10-5-9-24(11-12-25)14-6-2-3-7-14/h14H,2-13H2,1H3,(H,19,20,22). The quantitative estimate of drug-likeness (QED) is 0.728. The van der Waals surface area contributed by atoms with Gasteiger partial charge < -0.3 is 15.0 Å². The molecule has 1 aliphatic heterocycles. The van der Waals surface area contributed by atoms with Crippen LogP contribution in [0.1, 0.15) is 38.5 Å². The van der Waals surface area contributed by atoms with Gasteiger partial charge in [0.05, 0.1) is 0 Å². The number of nitrogens with one attached hydrogen (secondary N) is 1. The highest BCUT2D eigenvalue weighted by molar-refractivity contribution is 5.74. The second kappa shape index (κ2) is 8.79. The van der Waals surface area contributed by atoms with Crippen LogP contribution in [0.2, 0.25) is 0 Å². The second-order valence-electron chi connectivity index (χ2n) is 7.40. The third-order valence-corrected chi connectivity index (χ3v) is 5.58. The fourth-order valence-electron chi connectivity index (χ4n) is 4.18. The number of hydrogen-bond donors (Lipinski definition) is 1. The Balaban J connectivity index is 1.50. The number of nitrogens with zero attached hydrogens (tertiary/aromatic N) is 6. The van der Waals surface area contributed by atoms with Crippen molar-refractivity contribution >= 4 is 22.9 Å². The van der Waals surface area contributed by atoms with E-state index in [4.69, 9.17) is 14.3 Å². The fourth-order valence-corrected chi connectivity index (χ4v) is 4.18. The number of hydrogen-bond acceptors (Lipinski definition) is 9. The number of ether oxygens (including phenoxy) is 1. The number of anilines is 2. The Bertz CT molecular complexity index is 732. The molecule has 0 atom stereocenters. The summed E-state index contributed by atoms with van der Waals surface area (Å²) in [7, 11) is 1.71. The van der Waals surface area contributed by atoms with Crippen molar-refractivity contribution in [2.24, 2.45) is 0 Å². The first-order valence-corrected chi connectivity index (χ1v) is 10.1. The molecule has 9 heteroatoms. The van der Waals surface area contributed by atoms with Crippen molar-refractivity contribution in [2.75, 3.05) is 56.7 Å². The molecule has 0 aromatic carbocycles. The maximum atomic E-state index is 5.13. The van der Waals surface area contributed by atoms with Crippen LogP contribution in [0.4, 0.5) is 11.6 Å². The van der Waals surface area contributed by atoms with Gasteiger partial charge in [0.15, 0.2) is 11.6 Å². The Labute approximate surface area is 159 Å². The average Bonchev–Trinajstić information content (AvgIpc) is 3.32. The molecule has 3 heterocycles. The van der Waals surface area contributed by atoms with E-state index in [9.17, 15) is 0 Å². The Morgan fingerprint density at radius 2 is 1.85 bits per heavy atom. The molecule has 2 aliphatic rings. The van der Waals surface area contributed by atoms with E-state index >= 15 is 0 Å². The third kappa shape index (κ3) is 4.30. The van der Waals surface area contributed by atoms with Gasteiger partial charge in [-0.1, -0.05) is 12.8 Å². The van der Waals surface area contributed by atoms with Crippen LogP contribution in [0, 0.1) is 0 Å². The molecule has 0 unspecified atom stereocenters. The molecule has 1 saturated heterocycles. The first kappa shape index (κ1) is 18.4. The summed E-state index contributed by atoms with van der Waals surface area (Å²) in [6.45, 7) is 5.65. The maximum Gasteiger partial charge on any atom is 0.245 e. The van der Waals surface area contributed by atoms with Gasteiger partial charge in [-0.05, 0) is 36.0 Å². The van der Waals surface area contributed by atoms with Crippen LogP contribution in [0.3, 0.4) is 0 Å². The van der Waals surface area contributed by atoms with Gasteiger partial charge in [-0.15, -0.1) is 0 Å². The van der Waals surface area contributed by atoms with Crippen molar-refractivity contribution in [1.82, 2.24) is 25.2 Å². The van der Waals surface area contributed by atoms with Crippen LogP contribution >= 0.6 is 0 Å². The summed E-state index contributed by atoms with van der Waals surface area (Å²) in [5, 5.41) is 11.1. The van der Waals surface area contributed by atoms with Crippen molar-refractivity contribution in [1.29, 1.82) is 0 Å². The maximum absolute atomic E-state index is 5.13. The highest BCUT2D eigenvalue weighted by Crippen LogP contribution is 2.28. The molecule has 0 bridgehead atoms. The van der Waals surface area contributed by atoms with Crippen LogP contribution in [-0.4, -0.2) is 77.7 Å². The lowest BCUT2D eigenvalue weighted by molar-refractivity contribution is 0.198. The normalized spacial score (nSPS) is 19.7. The molecule has 0 spiro atoms. The van der Waals surface area contributed by atoms with Gasteiger partial charge in [0, 0.05) is 52.5 Å². The predicted octanol–water partition coefficient (Wildman–Crippen LogP) is 1.92. The van der Waals surface area contributed by atoms with Crippen LogP contribution in [-0.2, 0) is 4.74 Å². The van der Waals surface area contributed by atoms with E-state index in [1.54, 1.807) is 7.11 Å². The zero-order valence-electron chi connectivity index (χ0n) is 16.1. The number of rotatable bonds is 7. The van der Waals surface area contributed by atoms with Crippen molar-refractivity contribution in [2.45, 2.75) is 44.6 Å². The van der Waals surface area contributed by atoms with Crippen LogP contribution in [0.25, 0.3) is 11.3 Å². The SMILES string of the molecule is COCCCNc1nc2nonc2nc1N1CCCN(C2CCCC2)CC1. The summed E-state index contributed by atoms with van der Waals surface area (Å²) >= 11 is 0. The Morgan fingerprint density at radius 3 is 2.67 bits per heavy atom. The van der Waals surface area contributed by atoms with Gasteiger partial charge in [0.2, 0.25) is 11.3 Å². The minimum Gasteiger partial charge on any atom is -0.385 e. The van der Waals surface area contributed by atoms with E-state index in [0.29, 0.717) is 17.9 Å². The molecule has 148 valence electrons. The topological polar surface area (TPSA) is 92.4 Å². The Kier molecular flexibility index (Phi) is 5.98. The number of aromatic nitrogens is 4. The lowest BCUT2D eigenvalue weighted by atomic mass is 10.2. The molecule has 9 nitrogen and oxygen atoms in total. The molecule has 4 rings (SSSR count). The number of fused-ring (bicyclic) bond motifs is 1. The molecule has 2 aromatic rings. The Hall–Kier alpha value is -2.00. The van der Waals surface area contributed by atoms with Gasteiger partial charge in [-0.25, -0.2) is 14.6 Å². The van der Waals surface area contributed by atoms with Crippen molar-refractivity contribution in [3.05, 3.63) is 0 Å². The van der Waals surface area contributed by atoms with Gasteiger partial charge >= 0.3 is 0 Å². The van der Waals surface area contributed by atoms with Gasteiger partial charge in [0.1, 0.15) is 0 Å². The smallest absolute Gasteiger partial charge is 0.245 e. The molecule has 0 radical (unpaired) electrons. The first-order chi connectivity index (χ1) is 13.3. The third-order valence-electron chi connectivity index (χ3n) is 5.58. The highest BCUT2D eigenvalue weighted by atomic mass is 16.6. The number of methoxy groups -OCH3 is 1. The van der Waals surface area contributed by atoms with Crippen molar-refractivity contribution in [3.63, 3.8) is 0 Å². The van der Waals surface area contributed by atoms with Crippen LogP contribution in [0.5, 0.6) is 0 Å². The van der Waals surface area contributed by atoms with E-state index in [1.807, 2.05) is 0 Å². The van der Waals surface area contributed by atoms with Crippen LogP contribution in [0.15, 0.2) is 4.63 Å². The summed E-state index contributed by atoms with van der Waals surface area (Å²) in [5.41, 5.74) is 0.903. The summed E-state index contributed by atoms with van der Waals surface area (Å²) < 4.78 is 9.95. The van der Waals surface area contributed by atoms with E-state index < -0.39 is 0 Å². The van der Waals surface area contributed by atoms with E-state index in [-0.39, 0.29) is 0 Å². The Morgan fingerprint density at radius 1 is 1.04 bits per heavy atom. The summed E-state index contributed by atoms with van der Waals surface area (Å²) in [6.07, 6.45) is 7.49. The van der Waals surface area contributed by atoms with Gasteiger partial charge in [-0.3, -0.25) is 4.90 Å². The summed E-state index contributed by atoms with van der Waals surface area (Å²) in [5.74, 6) is 1.60. The molecule has 2 fully saturated rings. The zero-order valence-corrected chi connectivity index (χ0v) is 16.1. The summed E-state index contributed by atoms with van der Waals surface area (Å²) in [6, 6.07) is 0.768. The molecule has 1 saturated carbocycles. The molecule has 27 heavy (non-hydrogen) atoms. The first-order valence-electron chi connectivity index (χ1n) is 10.1. The minimum absolute atomic E-state index is 0.440. The van der Waals surface area contributed by atoms with E-state index in [2.05, 4.69) is 30.4 Å². The molecule has 1 aliphatic carbocycles.